The number of nitro benzene ring substituents is 1. The number of aliphatic hydroxyl groups is 2. The molecule has 0 aliphatic heterocycles. The molecule has 0 saturated heterocycles. The van der Waals surface area contributed by atoms with Gasteiger partial charge in [0.1, 0.15) is 0 Å². The van der Waals surface area contributed by atoms with Gasteiger partial charge in [-0.05, 0) is 26.8 Å². The van der Waals surface area contributed by atoms with E-state index >= 15 is 0 Å². The lowest BCUT2D eigenvalue weighted by atomic mass is 9.82. The molecular weight excluding hydrogens is 258 g/mol. The van der Waals surface area contributed by atoms with Crippen LogP contribution in [0.5, 0.6) is 0 Å². The molecule has 0 spiro atoms. The average Bonchev–Trinajstić information content (AvgIpc) is 2.18. The molecule has 1 rings (SSSR count). The van der Waals surface area contributed by atoms with Gasteiger partial charge in [0.2, 0.25) is 0 Å². The lowest BCUT2D eigenvalue weighted by molar-refractivity contribution is -0.385. The summed E-state index contributed by atoms with van der Waals surface area (Å²) < 4.78 is 0. The number of halogens is 1. The summed E-state index contributed by atoms with van der Waals surface area (Å²) in [6, 6.07) is 4.31. The fraction of sp³-hybridized carbons (Fsp3) is 0.500. The Bertz CT molecular complexity index is 466. The second kappa shape index (κ2) is 4.84. The Morgan fingerprint density at radius 1 is 1.33 bits per heavy atom. The first-order chi connectivity index (χ1) is 8.06. The van der Waals surface area contributed by atoms with E-state index in [-0.39, 0.29) is 22.7 Å². The molecule has 0 bridgehead atoms. The van der Waals surface area contributed by atoms with Crippen molar-refractivity contribution in [1.29, 1.82) is 0 Å². The molecule has 1 atom stereocenters. The van der Waals surface area contributed by atoms with Crippen LogP contribution in [0.3, 0.4) is 0 Å². The number of nitro groups is 1. The third-order valence-corrected chi connectivity index (χ3v) is 3.48. The molecule has 0 saturated carbocycles. The van der Waals surface area contributed by atoms with Crippen molar-refractivity contribution >= 4 is 17.3 Å². The van der Waals surface area contributed by atoms with Gasteiger partial charge < -0.3 is 10.2 Å². The van der Waals surface area contributed by atoms with E-state index in [4.69, 9.17) is 11.6 Å². The number of hydrogen-bond acceptors (Lipinski definition) is 4. The molecule has 0 aliphatic rings. The SMILES string of the molecule is CC(C)(O)C(C)(O)Cc1c(Cl)cccc1[N+](=O)[O-]. The van der Waals surface area contributed by atoms with Crippen LogP contribution in [0.1, 0.15) is 26.3 Å². The van der Waals surface area contributed by atoms with Crippen LogP contribution in [-0.2, 0) is 6.42 Å². The molecule has 0 aliphatic carbocycles. The average molecular weight is 274 g/mol. The van der Waals surface area contributed by atoms with Crippen molar-refractivity contribution in [2.24, 2.45) is 0 Å². The molecule has 18 heavy (non-hydrogen) atoms. The highest BCUT2D eigenvalue weighted by molar-refractivity contribution is 6.31. The second-order valence-electron chi connectivity index (χ2n) is 5.00. The van der Waals surface area contributed by atoms with Crippen LogP contribution in [0.15, 0.2) is 18.2 Å². The molecule has 5 nitrogen and oxygen atoms in total. The molecule has 6 heteroatoms. The molecule has 1 aromatic rings. The van der Waals surface area contributed by atoms with Crippen molar-refractivity contribution in [3.8, 4) is 0 Å². The highest BCUT2D eigenvalue weighted by atomic mass is 35.5. The smallest absolute Gasteiger partial charge is 0.274 e. The minimum absolute atomic E-state index is 0.105. The lowest BCUT2D eigenvalue weighted by Gasteiger charge is -2.35. The second-order valence-corrected chi connectivity index (χ2v) is 5.41. The van der Waals surface area contributed by atoms with E-state index in [1.54, 1.807) is 0 Å². The van der Waals surface area contributed by atoms with Crippen molar-refractivity contribution in [3.05, 3.63) is 38.9 Å². The molecule has 0 radical (unpaired) electrons. The zero-order valence-corrected chi connectivity index (χ0v) is 11.2. The molecule has 0 fully saturated rings. The Morgan fingerprint density at radius 2 is 1.89 bits per heavy atom. The minimum atomic E-state index is -1.53. The third kappa shape index (κ3) is 2.98. The molecular formula is C12H16ClNO4. The van der Waals surface area contributed by atoms with E-state index in [1.165, 1.54) is 39.0 Å². The first-order valence-electron chi connectivity index (χ1n) is 5.43. The Hall–Kier alpha value is -1.17. The van der Waals surface area contributed by atoms with Gasteiger partial charge in [0.25, 0.3) is 5.69 Å². The van der Waals surface area contributed by atoms with Gasteiger partial charge in [0.05, 0.1) is 26.7 Å². The topological polar surface area (TPSA) is 83.6 Å². The van der Waals surface area contributed by atoms with E-state index in [0.717, 1.165) is 0 Å². The molecule has 1 aromatic carbocycles. The number of nitrogens with zero attached hydrogens (tertiary/aromatic N) is 1. The van der Waals surface area contributed by atoms with Gasteiger partial charge in [-0.15, -0.1) is 0 Å². The normalized spacial score (nSPS) is 15.2. The summed E-state index contributed by atoms with van der Waals surface area (Å²) in [6.07, 6.45) is -0.105. The maximum absolute atomic E-state index is 10.9. The zero-order chi connectivity index (χ0) is 14.1. The maximum Gasteiger partial charge on any atom is 0.274 e. The fourth-order valence-electron chi connectivity index (χ4n) is 1.45. The standard InChI is InChI=1S/C12H16ClNO4/c1-11(2,15)12(3,16)7-8-9(13)5-4-6-10(8)14(17)18/h4-6,15-16H,7H2,1-3H3. The van der Waals surface area contributed by atoms with Gasteiger partial charge in [-0.3, -0.25) is 10.1 Å². The quantitative estimate of drug-likeness (QED) is 0.651. The third-order valence-electron chi connectivity index (χ3n) is 3.13. The van der Waals surface area contributed by atoms with Crippen LogP contribution in [0, 0.1) is 10.1 Å². The Balaban J connectivity index is 3.23. The van der Waals surface area contributed by atoms with Crippen molar-refractivity contribution < 1.29 is 15.1 Å². The summed E-state index contributed by atoms with van der Waals surface area (Å²) in [5, 5.41) is 31.2. The largest absolute Gasteiger partial charge is 0.387 e. The molecule has 0 heterocycles. The van der Waals surface area contributed by atoms with Gasteiger partial charge in [0.15, 0.2) is 0 Å². The summed E-state index contributed by atoms with van der Waals surface area (Å²) in [6.45, 7) is 4.30. The van der Waals surface area contributed by atoms with E-state index in [2.05, 4.69) is 0 Å². The van der Waals surface area contributed by atoms with Crippen molar-refractivity contribution in [2.45, 2.75) is 38.4 Å². The van der Waals surface area contributed by atoms with Crippen LogP contribution in [0.4, 0.5) is 5.69 Å². The van der Waals surface area contributed by atoms with E-state index < -0.39 is 16.1 Å². The minimum Gasteiger partial charge on any atom is -0.387 e. The van der Waals surface area contributed by atoms with Gasteiger partial charge in [-0.25, -0.2) is 0 Å². The van der Waals surface area contributed by atoms with Crippen molar-refractivity contribution in [3.63, 3.8) is 0 Å². The van der Waals surface area contributed by atoms with Gasteiger partial charge in [0, 0.05) is 12.5 Å². The Kier molecular flexibility index (Phi) is 4.00. The van der Waals surface area contributed by atoms with Crippen LogP contribution < -0.4 is 0 Å². The highest BCUT2D eigenvalue weighted by Crippen LogP contribution is 2.33. The maximum atomic E-state index is 10.9. The van der Waals surface area contributed by atoms with E-state index in [9.17, 15) is 20.3 Å². The number of hydrogen-bond donors (Lipinski definition) is 2. The van der Waals surface area contributed by atoms with Crippen LogP contribution in [0.25, 0.3) is 0 Å². The molecule has 0 amide bonds. The summed E-state index contributed by atoms with van der Waals surface area (Å²) >= 11 is 5.93. The van der Waals surface area contributed by atoms with Gasteiger partial charge in [-0.1, -0.05) is 17.7 Å². The lowest BCUT2D eigenvalue weighted by Crippen LogP contribution is -2.49. The van der Waals surface area contributed by atoms with E-state index in [0.29, 0.717) is 0 Å². The Labute approximate surface area is 110 Å². The zero-order valence-electron chi connectivity index (χ0n) is 10.5. The van der Waals surface area contributed by atoms with Gasteiger partial charge in [-0.2, -0.15) is 0 Å². The fourth-order valence-corrected chi connectivity index (χ4v) is 1.69. The summed E-state index contributed by atoms with van der Waals surface area (Å²) in [5.74, 6) is 0. The summed E-state index contributed by atoms with van der Waals surface area (Å²) in [7, 11) is 0. The first kappa shape index (κ1) is 14.9. The monoisotopic (exact) mass is 273 g/mol. The van der Waals surface area contributed by atoms with Crippen LogP contribution in [0.2, 0.25) is 5.02 Å². The Morgan fingerprint density at radius 3 is 2.33 bits per heavy atom. The molecule has 0 aromatic heterocycles. The van der Waals surface area contributed by atoms with Crippen LogP contribution in [-0.4, -0.2) is 26.3 Å². The molecule has 1 unspecified atom stereocenters. The summed E-state index contributed by atoms with van der Waals surface area (Å²) in [5.41, 5.74) is -2.87. The van der Waals surface area contributed by atoms with Crippen molar-refractivity contribution in [2.75, 3.05) is 0 Å². The molecule has 2 N–H and O–H groups in total. The molecule has 100 valence electrons. The number of rotatable bonds is 4. The highest BCUT2D eigenvalue weighted by Gasteiger charge is 2.39. The van der Waals surface area contributed by atoms with Gasteiger partial charge >= 0.3 is 0 Å². The van der Waals surface area contributed by atoms with Crippen LogP contribution >= 0.6 is 11.6 Å². The number of benzene rings is 1. The van der Waals surface area contributed by atoms with E-state index in [1.807, 2.05) is 0 Å². The predicted molar refractivity (Wildman–Crippen MR) is 68.7 cm³/mol. The predicted octanol–water partition coefficient (Wildman–Crippen LogP) is 2.31. The summed E-state index contributed by atoms with van der Waals surface area (Å²) in [4.78, 5) is 10.4. The van der Waals surface area contributed by atoms with Crippen molar-refractivity contribution in [1.82, 2.24) is 0 Å². The first-order valence-corrected chi connectivity index (χ1v) is 5.80.